The first kappa shape index (κ1) is 27.0. The fourth-order valence-electron chi connectivity index (χ4n) is 4.56. The van der Waals surface area contributed by atoms with Gasteiger partial charge in [0.25, 0.3) is 0 Å². The Morgan fingerprint density at radius 2 is 1.92 bits per heavy atom. The summed E-state index contributed by atoms with van der Waals surface area (Å²) in [5.74, 6) is -0.578. The fourth-order valence-corrected chi connectivity index (χ4v) is 5.97. The van der Waals surface area contributed by atoms with Gasteiger partial charge < -0.3 is 4.90 Å². The molecule has 2 aromatic carbocycles. The van der Waals surface area contributed by atoms with Gasteiger partial charge in [-0.3, -0.25) is 9.59 Å². The molecule has 1 fully saturated rings. The molecule has 1 saturated heterocycles. The van der Waals surface area contributed by atoms with E-state index in [1.165, 1.54) is 23.5 Å². The number of likely N-dealkylation sites (tertiary alicyclic amines) is 1. The number of aromatic nitrogens is 2. The molecule has 1 amide bonds. The number of rotatable bonds is 10. The van der Waals surface area contributed by atoms with Gasteiger partial charge in [-0.25, -0.2) is 13.1 Å². The van der Waals surface area contributed by atoms with Crippen molar-refractivity contribution in [2.75, 3.05) is 6.54 Å². The summed E-state index contributed by atoms with van der Waals surface area (Å²) in [4.78, 5) is 28.7. The van der Waals surface area contributed by atoms with E-state index in [1.54, 1.807) is 59.5 Å². The molecule has 1 aliphatic heterocycles. The standard InChI is InChI=1S/C27H30ClN4O4S/c1-19(2)16-23(30-37(35,36)22-8-4-3-5-9-22)27(34)31-14-6-10-25(31)26(33)18-20-17-21(28)11-12-24(20)32-15-7-13-29-32/h3-5,7-9,11-13,15,17-19,23,25,30H,6,10,14,16H2,1-2H3/t23-,25+/m1/s1. The van der Waals surface area contributed by atoms with Gasteiger partial charge in [0.05, 0.1) is 23.0 Å². The van der Waals surface area contributed by atoms with E-state index in [4.69, 9.17) is 11.6 Å². The highest BCUT2D eigenvalue weighted by atomic mass is 35.5. The maximum Gasteiger partial charge on any atom is 0.241 e. The van der Waals surface area contributed by atoms with Crippen LogP contribution < -0.4 is 4.72 Å². The van der Waals surface area contributed by atoms with Gasteiger partial charge in [0.1, 0.15) is 6.04 Å². The van der Waals surface area contributed by atoms with Crippen LogP contribution in [-0.4, -0.2) is 53.4 Å². The van der Waals surface area contributed by atoms with Crippen LogP contribution in [0, 0.1) is 12.3 Å². The topological polar surface area (TPSA) is 101 Å². The third kappa shape index (κ3) is 6.47. The molecular weight excluding hydrogens is 512 g/mol. The van der Waals surface area contributed by atoms with Crippen LogP contribution in [0.1, 0.15) is 38.7 Å². The first-order valence-corrected chi connectivity index (χ1v) is 14.1. The molecule has 37 heavy (non-hydrogen) atoms. The third-order valence-electron chi connectivity index (χ3n) is 6.26. The van der Waals surface area contributed by atoms with E-state index in [1.807, 2.05) is 13.8 Å². The number of Topliss-reactive ketones (excluding diaryl/α,β-unsaturated/α-hetero) is 1. The van der Waals surface area contributed by atoms with E-state index in [-0.39, 0.29) is 16.6 Å². The predicted octanol–water partition coefficient (Wildman–Crippen LogP) is 4.03. The summed E-state index contributed by atoms with van der Waals surface area (Å²) in [6.07, 6.45) is 6.36. The Morgan fingerprint density at radius 3 is 2.59 bits per heavy atom. The van der Waals surface area contributed by atoms with E-state index >= 15 is 0 Å². The van der Waals surface area contributed by atoms with Crippen molar-refractivity contribution in [3.8, 4) is 5.69 Å². The number of nitrogens with zero attached hydrogens (tertiary/aromatic N) is 3. The van der Waals surface area contributed by atoms with Crippen LogP contribution in [-0.2, 0) is 19.6 Å². The van der Waals surface area contributed by atoms with E-state index in [0.717, 1.165) is 0 Å². The minimum absolute atomic E-state index is 0.0545. The van der Waals surface area contributed by atoms with E-state index in [2.05, 4.69) is 9.82 Å². The van der Waals surface area contributed by atoms with Crippen LogP contribution in [0.5, 0.6) is 0 Å². The van der Waals surface area contributed by atoms with Crippen molar-refractivity contribution in [1.82, 2.24) is 19.4 Å². The average molecular weight is 542 g/mol. The number of carbonyl (C=O) groups excluding carboxylic acids is 2. The predicted molar refractivity (Wildman–Crippen MR) is 142 cm³/mol. The van der Waals surface area contributed by atoms with Crippen LogP contribution in [0.25, 0.3) is 5.69 Å². The SMILES string of the molecule is CC(C)C[C@@H](NS(=O)(=O)c1ccccc1)C(=O)N1CCC[C@H]1C(=O)[CH]c1cc(Cl)ccc1-n1cccn1. The zero-order valence-electron chi connectivity index (χ0n) is 20.7. The van der Waals surface area contributed by atoms with Crippen LogP contribution >= 0.6 is 11.6 Å². The molecule has 4 rings (SSSR count). The number of carbonyl (C=O) groups is 2. The minimum Gasteiger partial charge on any atom is -0.331 e. The zero-order chi connectivity index (χ0) is 26.6. The van der Waals surface area contributed by atoms with Crippen LogP contribution in [0.3, 0.4) is 0 Å². The van der Waals surface area contributed by atoms with E-state index < -0.39 is 28.0 Å². The number of ketones is 1. The van der Waals surface area contributed by atoms with Gasteiger partial charge in [0.2, 0.25) is 15.9 Å². The Bertz CT molecular complexity index is 1340. The Morgan fingerprint density at radius 1 is 1.16 bits per heavy atom. The molecule has 8 nitrogen and oxygen atoms in total. The summed E-state index contributed by atoms with van der Waals surface area (Å²) in [6.45, 7) is 4.23. The van der Waals surface area contributed by atoms with E-state index in [0.29, 0.717) is 42.1 Å². The van der Waals surface area contributed by atoms with Gasteiger partial charge in [0, 0.05) is 24.0 Å². The number of nitrogens with one attached hydrogen (secondary N) is 1. The van der Waals surface area contributed by atoms with Gasteiger partial charge in [-0.1, -0.05) is 43.6 Å². The summed E-state index contributed by atoms with van der Waals surface area (Å²) >= 11 is 6.21. The highest BCUT2D eigenvalue weighted by molar-refractivity contribution is 7.89. The lowest BCUT2D eigenvalue weighted by Crippen LogP contribution is -2.52. The molecule has 0 spiro atoms. The third-order valence-corrected chi connectivity index (χ3v) is 7.98. The lowest BCUT2D eigenvalue weighted by molar-refractivity contribution is -0.138. The van der Waals surface area contributed by atoms with Crippen LogP contribution in [0.15, 0.2) is 71.9 Å². The molecule has 3 aromatic rings. The maximum absolute atomic E-state index is 13.7. The fraction of sp³-hybridized carbons (Fsp3) is 0.333. The Hall–Kier alpha value is -3.01. The number of hydrogen-bond donors (Lipinski definition) is 1. The molecule has 2 atom stereocenters. The van der Waals surface area contributed by atoms with Crippen molar-refractivity contribution in [3.63, 3.8) is 0 Å². The van der Waals surface area contributed by atoms with Crippen molar-refractivity contribution in [2.24, 2.45) is 5.92 Å². The molecule has 195 valence electrons. The van der Waals surface area contributed by atoms with Gasteiger partial charge in [0.15, 0.2) is 5.78 Å². The summed E-state index contributed by atoms with van der Waals surface area (Å²) < 4.78 is 30.2. The minimum atomic E-state index is -3.92. The molecule has 1 aliphatic rings. The summed E-state index contributed by atoms with van der Waals surface area (Å²) in [7, 11) is -3.92. The van der Waals surface area contributed by atoms with Gasteiger partial charge >= 0.3 is 0 Å². The molecule has 1 aromatic heterocycles. The van der Waals surface area contributed by atoms with E-state index in [9.17, 15) is 18.0 Å². The zero-order valence-corrected chi connectivity index (χ0v) is 22.3. The normalized spacial score (nSPS) is 16.8. The molecule has 1 N–H and O–H groups in total. The molecule has 1 radical (unpaired) electrons. The number of amides is 1. The van der Waals surface area contributed by atoms with Crippen molar-refractivity contribution in [2.45, 2.75) is 50.1 Å². The first-order chi connectivity index (χ1) is 17.7. The quantitative estimate of drug-likeness (QED) is 0.417. The number of sulfonamides is 1. The van der Waals surface area contributed by atoms with Crippen molar-refractivity contribution < 1.29 is 18.0 Å². The lowest BCUT2D eigenvalue weighted by Gasteiger charge is -2.29. The molecule has 0 bridgehead atoms. The highest BCUT2D eigenvalue weighted by Crippen LogP contribution is 2.26. The van der Waals surface area contributed by atoms with Crippen LogP contribution in [0.2, 0.25) is 5.02 Å². The largest absolute Gasteiger partial charge is 0.331 e. The number of benzene rings is 2. The molecule has 0 aliphatic carbocycles. The molecule has 2 heterocycles. The highest BCUT2D eigenvalue weighted by Gasteiger charge is 2.38. The van der Waals surface area contributed by atoms with Gasteiger partial charge in [-0.15, -0.1) is 0 Å². The second-order valence-corrected chi connectivity index (χ2v) is 11.7. The Labute approximate surface area is 222 Å². The van der Waals surface area contributed by atoms with Crippen molar-refractivity contribution in [1.29, 1.82) is 0 Å². The summed E-state index contributed by atoms with van der Waals surface area (Å²) in [5.41, 5.74) is 1.27. The Kier molecular flexibility index (Phi) is 8.46. The van der Waals surface area contributed by atoms with Crippen molar-refractivity contribution >= 4 is 33.3 Å². The molecule has 0 saturated carbocycles. The van der Waals surface area contributed by atoms with Crippen LogP contribution in [0.4, 0.5) is 0 Å². The number of halogens is 1. The number of hydrogen-bond acceptors (Lipinski definition) is 5. The molecular formula is C27H30ClN4O4S. The smallest absolute Gasteiger partial charge is 0.241 e. The lowest BCUT2D eigenvalue weighted by atomic mass is 9.99. The molecule has 0 unspecified atom stereocenters. The van der Waals surface area contributed by atoms with Gasteiger partial charge in [-0.05, 0) is 67.1 Å². The summed E-state index contributed by atoms with van der Waals surface area (Å²) in [6, 6.07) is 13.3. The van der Waals surface area contributed by atoms with Gasteiger partial charge in [-0.2, -0.15) is 9.82 Å². The molecule has 10 heteroatoms. The average Bonchev–Trinajstić information content (AvgIpc) is 3.56. The monoisotopic (exact) mass is 541 g/mol. The summed E-state index contributed by atoms with van der Waals surface area (Å²) in [5, 5.41) is 4.72. The van der Waals surface area contributed by atoms with Crippen molar-refractivity contribution in [3.05, 3.63) is 84.0 Å². The Balaban J connectivity index is 1.55. The maximum atomic E-state index is 13.7. The second-order valence-electron chi connectivity index (χ2n) is 9.51. The second kappa shape index (κ2) is 11.6. The first-order valence-electron chi connectivity index (χ1n) is 12.2.